The van der Waals surface area contributed by atoms with Crippen molar-refractivity contribution in [3.8, 4) is 18.2 Å². The van der Waals surface area contributed by atoms with Crippen LogP contribution in [-0.2, 0) is 5.41 Å². The zero-order valence-electron chi connectivity index (χ0n) is 20.1. The van der Waals surface area contributed by atoms with Gasteiger partial charge >= 0.3 is 0 Å². The molecule has 0 saturated carbocycles. The van der Waals surface area contributed by atoms with E-state index in [2.05, 4.69) is 81.4 Å². The van der Waals surface area contributed by atoms with Crippen LogP contribution in [-0.4, -0.2) is 8.07 Å². The zero-order chi connectivity index (χ0) is 25.1. The van der Waals surface area contributed by atoms with E-state index in [-0.39, 0.29) is 5.41 Å². The summed E-state index contributed by atoms with van der Waals surface area (Å²) in [6.07, 6.45) is 0. The van der Waals surface area contributed by atoms with Crippen LogP contribution in [0.1, 0.15) is 43.0 Å². The smallest absolute Gasteiger partial charge is 0.179 e. The molecular weight excluding hydrogens is 442 g/mol. The number of nitrogens with zero attached hydrogens (tertiary/aromatic N) is 3. The average Bonchev–Trinajstić information content (AvgIpc) is 2.89. The summed E-state index contributed by atoms with van der Waals surface area (Å²) in [4.78, 5) is 0. The lowest BCUT2D eigenvalue weighted by molar-refractivity contribution is 0.591. The first kappa shape index (κ1) is 23.7. The molecular formula is C31H25N3Si. The summed E-state index contributed by atoms with van der Waals surface area (Å²) >= 11 is 0. The van der Waals surface area contributed by atoms with Crippen molar-refractivity contribution in [2.75, 3.05) is 0 Å². The van der Waals surface area contributed by atoms with Gasteiger partial charge < -0.3 is 0 Å². The van der Waals surface area contributed by atoms with Gasteiger partial charge in [0.1, 0.15) is 0 Å². The predicted molar refractivity (Wildman–Crippen MR) is 143 cm³/mol. The van der Waals surface area contributed by atoms with Gasteiger partial charge in [-0.15, -0.1) is 0 Å². The molecule has 0 aromatic heterocycles. The van der Waals surface area contributed by atoms with Crippen LogP contribution >= 0.6 is 0 Å². The normalized spacial score (nSPS) is 11.2. The molecule has 0 aliphatic carbocycles. The molecule has 4 heteroatoms. The predicted octanol–water partition coefficient (Wildman–Crippen LogP) is 3.98. The molecule has 0 atom stereocenters. The first-order chi connectivity index (χ1) is 16.8. The molecule has 0 saturated heterocycles. The van der Waals surface area contributed by atoms with Crippen molar-refractivity contribution in [1.29, 1.82) is 15.8 Å². The molecule has 4 aromatic carbocycles. The second-order valence-corrected chi connectivity index (χ2v) is 13.5. The highest BCUT2D eigenvalue weighted by atomic mass is 28.3. The molecule has 0 bridgehead atoms. The van der Waals surface area contributed by atoms with E-state index in [0.29, 0.717) is 16.7 Å². The molecule has 0 heterocycles. The summed E-state index contributed by atoms with van der Waals surface area (Å²) in [7, 11) is -3.01. The number of benzene rings is 4. The van der Waals surface area contributed by atoms with Crippen LogP contribution < -0.4 is 20.7 Å². The molecule has 4 rings (SSSR count). The highest BCUT2D eigenvalue weighted by Gasteiger charge is 2.42. The Morgan fingerprint density at radius 1 is 0.514 bits per heavy atom. The molecule has 0 radical (unpaired) electrons. The molecule has 4 aromatic rings. The largest absolute Gasteiger partial charge is 0.192 e. The second kappa shape index (κ2) is 9.44. The van der Waals surface area contributed by atoms with Crippen molar-refractivity contribution < 1.29 is 0 Å². The third kappa shape index (κ3) is 4.39. The Kier molecular flexibility index (Phi) is 6.39. The number of hydrogen-bond donors (Lipinski definition) is 0. The molecule has 35 heavy (non-hydrogen) atoms. The highest BCUT2D eigenvalue weighted by Crippen LogP contribution is 2.22. The Morgan fingerprint density at radius 2 is 0.857 bits per heavy atom. The Balaban J connectivity index is 2.23. The van der Waals surface area contributed by atoms with Gasteiger partial charge in [-0.2, -0.15) is 15.8 Å². The summed E-state index contributed by atoms with van der Waals surface area (Å²) in [5.41, 5.74) is 2.89. The van der Waals surface area contributed by atoms with Crippen LogP contribution in [0.4, 0.5) is 0 Å². The summed E-state index contributed by atoms with van der Waals surface area (Å²) in [5, 5.41) is 33.5. The van der Waals surface area contributed by atoms with E-state index in [0.717, 1.165) is 20.7 Å². The van der Waals surface area contributed by atoms with Gasteiger partial charge in [-0.3, -0.25) is 0 Å². The summed E-state index contributed by atoms with van der Waals surface area (Å²) in [5.74, 6) is 0. The lowest BCUT2D eigenvalue weighted by atomic mass is 9.87. The molecule has 0 aliphatic rings. The van der Waals surface area contributed by atoms with Gasteiger partial charge in [0.15, 0.2) is 8.07 Å². The minimum atomic E-state index is -3.01. The molecule has 0 unspecified atom stereocenters. The Bertz CT molecular complexity index is 1380. The third-order valence-corrected chi connectivity index (χ3v) is 11.1. The van der Waals surface area contributed by atoms with Gasteiger partial charge in [-0.05, 0) is 68.1 Å². The fraction of sp³-hybridized carbons (Fsp3) is 0.129. The van der Waals surface area contributed by atoms with Gasteiger partial charge in [-0.25, -0.2) is 0 Å². The fourth-order valence-electron chi connectivity index (χ4n) is 4.68. The van der Waals surface area contributed by atoms with E-state index in [9.17, 15) is 15.8 Å². The Hall–Kier alpha value is -4.43. The average molecular weight is 468 g/mol. The summed E-state index contributed by atoms with van der Waals surface area (Å²) in [6.45, 7) is 6.58. The maximum atomic E-state index is 9.73. The van der Waals surface area contributed by atoms with E-state index in [1.165, 1.54) is 5.56 Å². The van der Waals surface area contributed by atoms with Crippen molar-refractivity contribution >= 4 is 28.8 Å². The second-order valence-electron chi connectivity index (χ2n) is 9.66. The number of hydrogen-bond acceptors (Lipinski definition) is 3. The first-order valence-electron chi connectivity index (χ1n) is 11.5. The van der Waals surface area contributed by atoms with Gasteiger partial charge in [0.2, 0.25) is 0 Å². The van der Waals surface area contributed by atoms with E-state index < -0.39 is 8.07 Å². The van der Waals surface area contributed by atoms with Crippen molar-refractivity contribution in [2.24, 2.45) is 0 Å². The molecule has 3 nitrogen and oxygen atoms in total. The highest BCUT2D eigenvalue weighted by molar-refractivity contribution is 7.19. The first-order valence-corrected chi connectivity index (χ1v) is 13.5. The van der Waals surface area contributed by atoms with E-state index in [1.807, 2.05) is 54.6 Å². The topological polar surface area (TPSA) is 71.4 Å². The SMILES string of the molecule is CC(C)(C)c1cccc([Si](c2cccc(C#N)c2)(c2cccc(C#N)c2)c2cccc(C#N)c2)c1. The number of nitriles is 3. The lowest BCUT2D eigenvalue weighted by Gasteiger charge is -2.35. The zero-order valence-corrected chi connectivity index (χ0v) is 21.1. The summed E-state index contributed by atoms with van der Waals surface area (Å²) < 4.78 is 0. The standard InChI is InChI=1S/C31H25N3Si/c1-31(2,3)26-11-7-15-30(19-26)35(27-12-4-8-23(16-27)20-32,28-13-5-9-24(17-28)21-33)29-14-6-10-25(18-29)22-34/h4-19H,1-3H3. The van der Waals surface area contributed by atoms with Crippen molar-refractivity contribution in [3.05, 3.63) is 119 Å². The van der Waals surface area contributed by atoms with Crippen LogP contribution in [0.2, 0.25) is 0 Å². The minimum Gasteiger partial charge on any atom is -0.192 e. The van der Waals surface area contributed by atoms with Crippen molar-refractivity contribution in [2.45, 2.75) is 26.2 Å². The lowest BCUT2D eigenvalue weighted by Crippen LogP contribution is -2.75. The van der Waals surface area contributed by atoms with Gasteiger partial charge in [-0.1, -0.05) is 81.4 Å². The molecule has 0 fully saturated rings. The molecule has 0 spiro atoms. The van der Waals surface area contributed by atoms with E-state index in [4.69, 9.17) is 0 Å². The van der Waals surface area contributed by atoms with Crippen LogP contribution in [0, 0.1) is 34.0 Å². The summed E-state index contributed by atoms with van der Waals surface area (Å²) in [6, 6.07) is 38.9. The van der Waals surface area contributed by atoms with Crippen LogP contribution in [0.15, 0.2) is 97.1 Å². The molecule has 0 N–H and O–H groups in total. The Labute approximate surface area is 208 Å². The van der Waals surface area contributed by atoms with Crippen molar-refractivity contribution in [3.63, 3.8) is 0 Å². The van der Waals surface area contributed by atoms with Crippen LogP contribution in [0.25, 0.3) is 0 Å². The quantitative estimate of drug-likeness (QED) is 0.337. The van der Waals surface area contributed by atoms with Gasteiger partial charge in [0.25, 0.3) is 0 Å². The van der Waals surface area contributed by atoms with Crippen LogP contribution in [0.5, 0.6) is 0 Å². The van der Waals surface area contributed by atoms with E-state index >= 15 is 0 Å². The minimum absolute atomic E-state index is 0.0618. The molecule has 0 aliphatic heterocycles. The maximum Gasteiger partial charge on any atom is 0.179 e. The van der Waals surface area contributed by atoms with Crippen molar-refractivity contribution in [1.82, 2.24) is 0 Å². The van der Waals surface area contributed by atoms with Crippen LogP contribution in [0.3, 0.4) is 0 Å². The number of rotatable bonds is 4. The van der Waals surface area contributed by atoms with Gasteiger partial charge in [0.05, 0.1) is 34.9 Å². The van der Waals surface area contributed by atoms with Gasteiger partial charge in [0, 0.05) is 0 Å². The molecule has 168 valence electrons. The maximum absolute atomic E-state index is 9.73. The fourth-order valence-corrected chi connectivity index (χ4v) is 9.56. The monoisotopic (exact) mass is 467 g/mol. The molecule has 0 amide bonds. The third-order valence-electron chi connectivity index (χ3n) is 6.44. The Morgan fingerprint density at radius 3 is 1.20 bits per heavy atom. The van der Waals surface area contributed by atoms with E-state index in [1.54, 1.807) is 0 Å².